The molecule has 0 atom stereocenters. The lowest BCUT2D eigenvalue weighted by atomic mass is 9.82. The molecule has 7 heteroatoms. The highest BCUT2D eigenvalue weighted by molar-refractivity contribution is 6.01. The molecule has 7 nitrogen and oxygen atoms in total. The van der Waals surface area contributed by atoms with Gasteiger partial charge in [0.15, 0.2) is 5.41 Å². The van der Waals surface area contributed by atoms with Crippen LogP contribution >= 0.6 is 0 Å². The molecule has 21 heavy (non-hydrogen) atoms. The van der Waals surface area contributed by atoms with E-state index in [1.165, 1.54) is 20.8 Å². The molecule has 1 fully saturated rings. The molecular formula is C14H15N3O4. The zero-order chi connectivity index (χ0) is 15.3. The Morgan fingerprint density at radius 1 is 1.05 bits per heavy atom. The maximum absolute atomic E-state index is 12.2. The minimum atomic E-state index is -1.35. The van der Waals surface area contributed by atoms with Gasteiger partial charge in [-0.2, -0.15) is 15.4 Å². The highest BCUT2D eigenvalue weighted by Gasteiger charge is 2.52. The van der Waals surface area contributed by atoms with Crippen molar-refractivity contribution in [3.8, 4) is 0 Å². The van der Waals surface area contributed by atoms with Gasteiger partial charge in [-0.05, 0) is 31.0 Å². The molecule has 1 aromatic heterocycles. The number of aromatic nitrogens is 3. The lowest BCUT2D eigenvalue weighted by Gasteiger charge is -2.38. The Labute approximate surface area is 120 Å². The Morgan fingerprint density at radius 3 is 2.33 bits per heavy atom. The van der Waals surface area contributed by atoms with E-state index in [4.69, 9.17) is 9.47 Å². The van der Waals surface area contributed by atoms with Crippen LogP contribution in [-0.2, 0) is 25.5 Å². The topological polar surface area (TPSA) is 94.2 Å². The summed E-state index contributed by atoms with van der Waals surface area (Å²) in [5, 5.41) is 10.5. The van der Waals surface area contributed by atoms with Gasteiger partial charge in [-0.15, -0.1) is 0 Å². The van der Waals surface area contributed by atoms with Gasteiger partial charge in [0.1, 0.15) is 11.0 Å². The Balaban J connectivity index is 1.91. The van der Waals surface area contributed by atoms with Crippen molar-refractivity contribution in [3.63, 3.8) is 0 Å². The molecule has 0 amide bonds. The summed E-state index contributed by atoms with van der Waals surface area (Å²) >= 11 is 0. The molecule has 0 aliphatic carbocycles. The molecule has 1 aliphatic heterocycles. The molecule has 0 bridgehead atoms. The molecule has 2 aromatic rings. The zero-order valence-electron chi connectivity index (χ0n) is 12.0. The van der Waals surface area contributed by atoms with Gasteiger partial charge < -0.3 is 9.47 Å². The van der Waals surface area contributed by atoms with E-state index in [1.807, 2.05) is 0 Å². The third-order valence-corrected chi connectivity index (χ3v) is 3.52. The molecular weight excluding hydrogens is 274 g/mol. The highest BCUT2D eigenvalue weighted by Crippen LogP contribution is 2.35. The summed E-state index contributed by atoms with van der Waals surface area (Å²) < 4.78 is 10.4. The van der Waals surface area contributed by atoms with Gasteiger partial charge in [-0.25, -0.2) is 0 Å². The second-order valence-corrected chi connectivity index (χ2v) is 5.83. The summed E-state index contributed by atoms with van der Waals surface area (Å²) in [6.07, 6.45) is 0.184. The smallest absolute Gasteiger partial charge is 0.326 e. The minimum Gasteiger partial charge on any atom is -0.422 e. The normalized spacial score (nSPS) is 20.1. The number of rotatable bonds is 2. The molecule has 0 radical (unpaired) electrons. The van der Waals surface area contributed by atoms with E-state index in [-0.39, 0.29) is 6.42 Å². The van der Waals surface area contributed by atoms with E-state index in [9.17, 15) is 9.59 Å². The van der Waals surface area contributed by atoms with Gasteiger partial charge in [0.2, 0.25) is 0 Å². The molecule has 0 spiro atoms. The van der Waals surface area contributed by atoms with Crippen LogP contribution in [0.15, 0.2) is 18.2 Å². The molecule has 1 aromatic carbocycles. The zero-order valence-corrected chi connectivity index (χ0v) is 12.0. The number of hydrogen-bond acceptors (Lipinski definition) is 6. The van der Waals surface area contributed by atoms with Crippen LogP contribution in [0.2, 0.25) is 0 Å². The second-order valence-electron chi connectivity index (χ2n) is 5.83. The van der Waals surface area contributed by atoms with Crippen molar-refractivity contribution in [2.24, 2.45) is 5.41 Å². The van der Waals surface area contributed by atoms with Gasteiger partial charge >= 0.3 is 11.9 Å². The van der Waals surface area contributed by atoms with Crippen LogP contribution in [0.5, 0.6) is 0 Å². The molecule has 110 valence electrons. The van der Waals surface area contributed by atoms with Crippen LogP contribution in [-0.4, -0.2) is 33.1 Å². The van der Waals surface area contributed by atoms with E-state index < -0.39 is 23.1 Å². The van der Waals surface area contributed by atoms with Gasteiger partial charge in [-0.1, -0.05) is 6.07 Å². The van der Waals surface area contributed by atoms with Crippen LogP contribution in [0.3, 0.4) is 0 Å². The SMILES string of the molecule is CC1(C)OC(=O)C(C)(Cc2ccc3n[nH]nc3c2)C(=O)O1. The standard InChI is InChI=1S/C14H15N3O4/c1-13(2)20-11(18)14(3,12(19)21-13)7-8-4-5-9-10(6-8)16-17-15-9/h4-6H,7H2,1-3H3,(H,15,16,17). The first-order valence-electron chi connectivity index (χ1n) is 6.56. The van der Waals surface area contributed by atoms with Crippen molar-refractivity contribution in [1.82, 2.24) is 15.4 Å². The van der Waals surface area contributed by atoms with Gasteiger partial charge in [0.05, 0.1) is 0 Å². The Kier molecular flexibility index (Phi) is 2.76. The number of nitrogens with one attached hydrogen (secondary N) is 1. The van der Waals surface area contributed by atoms with E-state index in [0.717, 1.165) is 11.1 Å². The molecule has 3 rings (SSSR count). The average Bonchev–Trinajstić information content (AvgIpc) is 2.83. The summed E-state index contributed by atoms with van der Waals surface area (Å²) in [6, 6.07) is 5.36. The van der Waals surface area contributed by atoms with Crippen molar-refractivity contribution >= 4 is 23.0 Å². The number of hydrogen-bond donors (Lipinski definition) is 1. The Morgan fingerprint density at radius 2 is 1.67 bits per heavy atom. The predicted octanol–water partition coefficient (Wildman–Crippen LogP) is 1.34. The first-order chi connectivity index (χ1) is 9.80. The third kappa shape index (κ3) is 2.24. The number of cyclic esters (lactones) is 2. The molecule has 0 unspecified atom stereocenters. The number of carbonyl (C=O) groups excluding carboxylic acids is 2. The lowest BCUT2D eigenvalue weighted by molar-refractivity contribution is -0.249. The number of benzene rings is 1. The first kappa shape index (κ1) is 13.5. The summed E-state index contributed by atoms with van der Waals surface area (Å²) in [7, 11) is 0. The maximum Gasteiger partial charge on any atom is 0.326 e. The molecule has 2 heterocycles. The fraction of sp³-hybridized carbons (Fsp3) is 0.429. The number of esters is 2. The minimum absolute atomic E-state index is 0.184. The Hall–Kier alpha value is -2.44. The fourth-order valence-corrected chi connectivity index (χ4v) is 2.32. The first-order valence-corrected chi connectivity index (χ1v) is 6.56. The highest BCUT2D eigenvalue weighted by atomic mass is 16.7. The fourth-order valence-electron chi connectivity index (χ4n) is 2.32. The van der Waals surface area contributed by atoms with Crippen LogP contribution in [0.25, 0.3) is 11.0 Å². The van der Waals surface area contributed by atoms with Crippen LogP contribution in [0.1, 0.15) is 26.3 Å². The van der Waals surface area contributed by atoms with Gasteiger partial charge in [0, 0.05) is 13.8 Å². The van der Waals surface area contributed by atoms with Crippen molar-refractivity contribution in [2.75, 3.05) is 0 Å². The van der Waals surface area contributed by atoms with E-state index in [2.05, 4.69) is 15.4 Å². The quantitative estimate of drug-likeness (QED) is 0.662. The van der Waals surface area contributed by atoms with E-state index in [1.54, 1.807) is 18.2 Å². The second kappa shape index (κ2) is 4.28. The maximum atomic E-state index is 12.2. The largest absolute Gasteiger partial charge is 0.422 e. The molecule has 0 saturated carbocycles. The number of carbonyl (C=O) groups is 2. The predicted molar refractivity (Wildman–Crippen MR) is 72.0 cm³/mol. The van der Waals surface area contributed by atoms with Crippen molar-refractivity contribution in [1.29, 1.82) is 0 Å². The van der Waals surface area contributed by atoms with Crippen LogP contribution in [0, 0.1) is 5.41 Å². The van der Waals surface area contributed by atoms with E-state index in [0.29, 0.717) is 5.52 Å². The Bertz CT molecular complexity index is 715. The molecule has 1 N–H and O–H groups in total. The number of nitrogens with zero attached hydrogens (tertiary/aromatic N) is 2. The summed E-state index contributed by atoms with van der Waals surface area (Å²) in [5.41, 5.74) is 0.827. The number of H-pyrrole nitrogens is 1. The summed E-state index contributed by atoms with van der Waals surface area (Å²) in [5.74, 6) is -2.38. The average molecular weight is 289 g/mol. The monoisotopic (exact) mass is 289 g/mol. The molecule has 1 saturated heterocycles. The molecule has 1 aliphatic rings. The third-order valence-electron chi connectivity index (χ3n) is 3.52. The van der Waals surface area contributed by atoms with Crippen molar-refractivity contribution < 1.29 is 19.1 Å². The van der Waals surface area contributed by atoms with Crippen molar-refractivity contribution in [2.45, 2.75) is 33.0 Å². The van der Waals surface area contributed by atoms with Crippen molar-refractivity contribution in [3.05, 3.63) is 23.8 Å². The number of aromatic amines is 1. The summed E-state index contributed by atoms with van der Waals surface area (Å²) in [4.78, 5) is 24.4. The number of fused-ring (bicyclic) bond motifs is 1. The van der Waals surface area contributed by atoms with Gasteiger partial charge in [0.25, 0.3) is 5.79 Å². The van der Waals surface area contributed by atoms with Crippen LogP contribution < -0.4 is 0 Å². The van der Waals surface area contributed by atoms with Gasteiger partial charge in [-0.3, -0.25) is 9.59 Å². The lowest BCUT2D eigenvalue weighted by Crippen LogP contribution is -2.53. The number of ether oxygens (including phenoxy) is 2. The van der Waals surface area contributed by atoms with Crippen LogP contribution in [0.4, 0.5) is 0 Å². The summed E-state index contributed by atoms with van der Waals surface area (Å²) in [6.45, 7) is 4.59. The van der Waals surface area contributed by atoms with E-state index >= 15 is 0 Å².